The van der Waals surface area contributed by atoms with E-state index in [1.165, 1.54) is 5.56 Å². The van der Waals surface area contributed by atoms with Crippen molar-refractivity contribution in [3.8, 4) is 0 Å². The first-order valence-corrected chi connectivity index (χ1v) is 7.74. The first-order chi connectivity index (χ1) is 9.88. The number of carboxylic acid groups (broad SMARTS) is 1. The van der Waals surface area contributed by atoms with Gasteiger partial charge in [0, 0.05) is 6.04 Å². The number of likely N-dealkylation sites (tertiary alicyclic amines) is 1. The maximum atomic E-state index is 12.0. The molecule has 0 radical (unpaired) electrons. The third-order valence-corrected chi connectivity index (χ3v) is 4.11. The van der Waals surface area contributed by atoms with E-state index in [4.69, 9.17) is 9.84 Å². The number of urea groups is 1. The van der Waals surface area contributed by atoms with E-state index in [2.05, 4.69) is 10.7 Å². The van der Waals surface area contributed by atoms with Gasteiger partial charge in [0.1, 0.15) is 12.2 Å². The van der Waals surface area contributed by atoms with Crippen molar-refractivity contribution in [1.29, 1.82) is 0 Å². The van der Waals surface area contributed by atoms with Crippen LogP contribution in [0.2, 0.25) is 0 Å². The average molecular weight is 312 g/mol. The second-order valence-electron chi connectivity index (χ2n) is 5.67. The Bertz CT molecular complexity index is 497. The Morgan fingerprint density at radius 1 is 1.57 bits per heavy atom. The van der Waals surface area contributed by atoms with Gasteiger partial charge in [-0.15, -0.1) is 0 Å². The Hall–Kier alpha value is -1.60. The van der Waals surface area contributed by atoms with Gasteiger partial charge in [-0.3, -0.25) is 0 Å². The maximum absolute atomic E-state index is 12.0. The van der Waals surface area contributed by atoms with E-state index in [0.717, 1.165) is 6.42 Å². The standard InChI is InChI=1S/C14H20N2O4S/c1-10(5-11-3-4-21-7-11)15-13(19)16-8-14(2,9-16)20-6-12(17)18/h3-4,7,10H,5-6,8-9H2,1-2H3,(H,15,19)(H,17,18). The number of thiophene rings is 1. The van der Waals surface area contributed by atoms with Crippen LogP contribution in [0.3, 0.4) is 0 Å². The average Bonchev–Trinajstić information content (AvgIpc) is 2.85. The van der Waals surface area contributed by atoms with Crippen molar-refractivity contribution in [2.24, 2.45) is 0 Å². The number of rotatable bonds is 6. The number of ether oxygens (including phenoxy) is 1. The first-order valence-electron chi connectivity index (χ1n) is 6.80. The van der Waals surface area contributed by atoms with Gasteiger partial charge in [-0.1, -0.05) is 0 Å². The first kappa shape index (κ1) is 15.8. The quantitative estimate of drug-likeness (QED) is 0.835. The molecule has 2 heterocycles. The summed E-state index contributed by atoms with van der Waals surface area (Å²) in [4.78, 5) is 24.1. The van der Waals surface area contributed by atoms with Crippen LogP contribution in [-0.2, 0) is 16.0 Å². The minimum atomic E-state index is -0.997. The van der Waals surface area contributed by atoms with Crippen LogP contribution >= 0.6 is 11.3 Å². The fraction of sp³-hybridized carbons (Fsp3) is 0.571. The van der Waals surface area contributed by atoms with Crippen LogP contribution in [0.15, 0.2) is 16.8 Å². The second kappa shape index (κ2) is 6.44. The number of carbonyl (C=O) groups is 2. The summed E-state index contributed by atoms with van der Waals surface area (Å²) in [7, 11) is 0. The van der Waals surface area contributed by atoms with Crippen molar-refractivity contribution in [2.75, 3.05) is 19.7 Å². The Balaban J connectivity index is 1.72. The molecule has 0 aromatic carbocycles. The summed E-state index contributed by atoms with van der Waals surface area (Å²) in [6, 6.07) is 1.97. The molecule has 1 aliphatic heterocycles. The molecule has 0 bridgehead atoms. The van der Waals surface area contributed by atoms with Crippen molar-refractivity contribution in [3.05, 3.63) is 22.4 Å². The zero-order valence-electron chi connectivity index (χ0n) is 12.2. The van der Waals surface area contributed by atoms with Crippen molar-refractivity contribution in [1.82, 2.24) is 10.2 Å². The van der Waals surface area contributed by atoms with Crippen LogP contribution in [0.4, 0.5) is 4.79 Å². The van der Waals surface area contributed by atoms with E-state index in [1.807, 2.05) is 25.3 Å². The molecule has 1 saturated heterocycles. The molecule has 1 aromatic rings. The van der Waals surface area contributed by atoms with Gasteiger partial charge in [0.05, 0.1) is 13.1 Å². The third-order valence-electron chi connectivity index (χ3n) is 3.37. The topological polar surface area (TPSA) is 78.9 Å². The number of carboxylic acids is 1. The Morgan fingerprint density at radius 3 is 2.86 bits per heavy atom. The van der Waals surface area contributed by atoms with Gasteiger partial charge in [0.25, 0.3) is 0 Å². The summed E-state index contributed by atoms with van der Waals surface area (Å²) >= 11 is 1.64. The predicted molar refractivity (Wildman–Crippen MR) is 79.6 cm³/mol. The molecule has 7 heteroatoms. The Labute approximate surface area is 127 Å². The van der Waals surface area contributed by atoms with Gasteiger partial charge in [-0.2, -0.15) is 11.3 Å². The maximum Gasteiger partial charge on any atom is 0.329 e. The minimum Gasteiger partial charge on any atom is -0.480 e. The SMILES string of the molecule is CC(Cc1ccsc1)NC(=O)N1CC(C)(OCC(=O)O)C1. The van der Waals surface area contributed by atoms with E-state index in [1.54, 1.807) is 16.2 Å². The number of aliphatic carboxylic acids is 1. The molecule has 2 amide bonds. The van der Waals surface area contributed by atoms with Gasteiger partial charge in [0.15, 0.2) is 0 Å². The van der Waals surface area contributed by atoms with Gasteiger partial charge in [-0.25, -0.2) is 9.59 Å². The lowest BCUT2D eigenvalue weighted by Gasteiger charge is -2.47. The number of amides is 2. The van der Waals surface area contributed by atoms with Crippen LogP contribution < -0.4 is 5.32 Å². The largest absolute Gasteiger partial charge is 0.480 e. The molecule has 0 saturated carbocycles. The van der Waals surface area contributed by atoms with E-state index < -0.39 is 11.6 Å². The lowest BCUT2D eigenvalue weighted by atomic mass is 9.97. The molecular formula is C14H20N2O4S. The number of nitrogens with one attached hydrogen (secondary N) is 1. The molecule has 6 nitrogen and oxygen atoms in total. The van der Waals surface area contributed by atoms with E-state index in [9.17, 15) is 9.59 Å². The van der Waals surface area contributed by atoms with E-state index >= 15 is 0 Å². The summed E-state index contributed by atoms with van der Waals surface area (Å²) in [5.74, 6) is -0.997. The summed E-state index contributed by atoms with van der Waals surface area (Å²) < 4.78 is 5.28. The molecule has 0 aliphatic carbocycles. The molecular weight excluding hydrogens is 292 g/mol. The highest BCUT2D eigenvalue weighted by molar-refractivity contribution is 7.07. The third kappa shape index (κ3) is 4.44. The Kier molecular flexibility index (Phi) is 4.84. The molecule has 2 N–H and O–H groups in total. The van der Waals surface area contributed by atoms with Gasteiger partial charge in [0.2, 0.25) is 0 Å². The van der Waals surface area contributed by atoms with Crippen LogP contribution in [0.25, 0.3) is 0 Å². The summed E-state index contributed by atoms with van der Waals surface area (Å²) in [6.45, 7) is 4.28. The molecule has 116 valence electrons. The molecule has 1 aliphatic rings. The fourth-order valence-corrected chi connectivity index (χ4v) is 3.03. The number of carbonyl (C=O) groups excluding carboxylic acids is 1. The molecule has 0 spiro atoms. The van der Waals surface area contributed by atoms with Gasteiger partial charge >= 0.3 is 12.0 Å². The highest BCUT2D eigenvalue weighted by Crippen LogP contribution is 2.24. The zero-order valence-corrected chi connectivity index (χ0v) is 13.0. The normalized spacial score (nSPS) is 17.9. The van der Waals surface area contributed by atoms with Crippen LogP contribution in [0.1, 0.15) is 19.4 Å². The summed E-state index contributed by atoms with van der Waals surface area (Å²) in [6.07, 6.45) is 0.801. The molecule has 1 aromatic heterocycles. The van der Waals surface area contributed by atoms with Gasteiger partial charge in [-0.05, 0) is 42.7 Å². The summed E-state index contributed by atoms with van der Waals surface area (Å²) in [5.41, 5.74) is 0.665. The number of hydrogen-bond donors (Lipinski definition) is 2. The highest BCUT2D eigenvalue weighted by Gasteiger charge is 2.42. The number of nitrogens with zero attached hydrogens (tertiary/aromatic N) is 1. The molecule has 2 rings (SSSR count). The van der Waals surface area contributed by atoms with Crippen molar-refractivity contribution >= 4 is 23.3 Å². The highest BCUT2D eigenvalue weighted by atomic mass is 32.1. The van der Waals surface area contributed by atoms with Crippen molar-refractivity contribution in [2.45, 2.75) is 31.9 Å². The molecule has 1 atom stereocenters. The molecule has 1 unspecified atom stereocenters. The lowest BCUT2D eigenvalue weighted by Crippen LogP contribution is -2.65. The van der Waals surface area contributed by atoms with Crippen molar-refractivity contribution in [3.63, 3.8) is 0 Å². The van der Waals surface area contributed by atoms with Crippen molar-refractivity contribution < 1.29 is 19.4 Å². The minimum absolute atomic E-state index is 0.0545. The molecule has 21 heavy (non-hydrogen) atoms. The fourth-order valence-electron chi connectivity index (χ4n) is 2.35. The Morgan fingerprint density at radius 2 is 2.29 bits per heavy atom. The van der Waals surface area contributed by atoms with Crippen LogP contribution in [0, 0.1) is 0 Å². The van der Waals surface area contributed by atoms with Gasteiger partial charge < -0.3 is 20.1 Å². The zero-order chi connectivity index (χ0) is 15.5. The predicted octanol–water partition coefficient (Wildman–Crippen LogP) is 1.56. The lowest BCUT2D eigenvalue weighted by molar-refractivity contribution is -0.159. The monoisotopic (exact) mass is 312 g/mol. The van der Waals surface area contributed by atoms with Crippen LogP contribution in [0.5, 0.6) is 0 Å². The van der Waals surface area contributed by atoms with E-state index in [-0.39, 0.29) is 18.7 Å². The number of hydrogen-bond acceptors (Lipinski definition) is 4. The molecule has 1 fully saturated rings. The second-order valence-corrected chi connectivity index (χ2v) is 6.45. The smallest absolute Gasteiger partial charge is 0.329 e. The van der Waals surface area contributed by atoms with E-state index in [0.29, 0.717) is 13.1 Å². The van der Waals surface area contributed by atoms with Crippen LogP contribution in [-0.4, -0.2) is 53.3 Å². The summed E-state index contributed by atoms with van der Waals surface area (Å²) in [5, 5.41) is 15.6.